The van der Waals surface area contributed by atoms with E-state index in [9.17, 15) is 9.90 Å². The number of hydrogen-bond donors (Lipinski definition) is 1. The van der Waals surface area contributed by atoms with E-state index in [2.05, 4.69) is 4.74 Å². The van der Waals surface area contributed by atoms with E-state index in [1.165, 1.54) is 18.4 Å². The average Bonchev–Trinajstić information content (AvgIpc) is 2.55. The summed E-state index contributed by atoms with van der Waals surface area (Å²) >= 11 is 1.54. The van der Waals surface area contributed by atoms with E-state index in [4.69, 9.17) is 0 Å². The molecule has 66 valence electrons. The molecule has 0 saturated heterocycles. The second kappa shape index (κ2) is 4.23. The van der Waals surface area contributed by atoms with Crippen molar-refractivity contribution in [3.05, 3.63) is 22.4 Å². The fraction of sp³-hybridized carbons (Fsp3) is 0.375. The summed E-state index contributed by atoms with van der Waals surface area (Å²) in [5.74, 6) is -0.582. The van der Waals surface area contributed by atoms with Gasteiger partial charge in [-0.15, -0.1) is 0 Å². The van der Waals surface area contributed by atoms with Gasteiger partial charge in [0.25, 0.3) is 0 Å². The molecule has 0 radical (unpaired) electrons. The van der Waals surface area contributed by atoms with Gasteiger partial charge in [0.15, 0.2) is 6.10 Å². The number of ether oxygens (including phenoxy) is 1. The van der Waals surface area contributed by atoms with Gasteiger partial charge in [-0.2, -0.15) is 11.3 Å². The SMILES string of the molecule is COC(=O)C(O)Cc1ccsc1. The number of methoxy groups -OCH3 is 1. The second-order valence-electron chi connectivity index (χ2n) is 2.37. The Bertz CT molecular complexity index is 243. The molecule has 0 aromatic carbocycles. The van der Waals surface area contributed by atoms with Crippen molar-refractivity contribution in [2.45, 2.75) is 12.5 Å². The molecule has 0 saturated carbocycles. The molecule has 1 atom stereocenters. The van der Waals surface area contributed by atoms with Gasteiger partial charge in [-0.05, 0) is 22.4 Å². The summed E-state index contributed by atoms with van der Waals surface area (Å²) in [6.07, 6.45) is -0.708. The van der Waals surface area contributed by atoms with Crippen LogP contribution in [0, 0.1) is 0 Å². The lowest BCUT2D eigenvalue weighted by atomic mass is 10.1. The Hall–Kier alpha value is -0.870. The standard InChI is InChI=1S/C8H10O3S/c1-11-8(10)7(9)4-6-2-3-12-5-6/h2-3,5,7,9H,4H2,1H3. The van der Waals surface area contributed by atoms with Crippen molar-refractivity contribution in [2.24, 2.45) is 0 Å². The van der Waals surface area contributed by atoms with Crippen LogP contribution in [0.2, 0.25) is 0 Å². The maximum absolute atomic E-state index is 10.8. The summed E-state index contributed by atoms with van der Waals surface area (Å²) in [5, 5.41) is 13.0. The quantitative estimate of drug-likeness (QED) is 0.711. The van der Waals surface area contributed by atoms with Gasteiger partial charge in [0, 0.05) is 6.42 Å². The van der Waals surface area contributed by atoms with Gasteiger partial charge < -0.3 is 9.84 Å². The van der Waals surface area contributed by atoms with Crippen LogP contribution in [0.5, 0.6) is 0 Å². The van der Waals surface area contributed by atoms with E-state index >= 15 is 0 Å². The van der Waals surface area contributed by atoms with Crippen LogP contribution in [0.4, 0.5) is 0 Å². The zero-order valence-corrected chi connectivity index (χ0v) is 7.50. The Morgan fingerprint density at radius 1 is 1.83 bits per heavy atom. The molecule has 0 aliphatic rings. The highest BCUT2D eigenvalue weighted by Gasteiger charge is 2.15. The molecule has 1 aromatic heterocycles. The topological polar surface area (TPSA) is 46.5 Å². The summed E-state index contributed by atoms with van der Waals surface area (Å²) in [4.78, 5) is 10.8. The van der Waals surface area contributed by atoms with Crippen LogP contribution in [-0.4, -0.2) is 24.3 Å². The number of esters is 1. The third-order valence-electron chi connectivity index (χ3n) is 1.48. The molecule has 3 nitrogen and oxygen atoms in total. The van der Waals surface area contributed by atoms with Gasteiger partial charge in [-0.25, -0.2) is 4.79 Å². The van der Waals surface area contributed by atoms with E-state index < -0.39 is 12.1 Å². The lowest BCUT2D eigenvalue weighted by Gasteiger charge is -2.05. The maximum atomic E-state index is 10.8. The molecule has 0 aliphatic carbocycles. The van der Waals surface area contributed by atoms with Crippen molar-refractivity contribution < 1.29 is 14.6 Å². The van der Waals surface area contributed by atoms with Gasteiger partial charge in [0.2, 0.25) is 0 Å². The van der Waals surface area contributed by atoms with Gasteiger partial charge in [0.1, 0.15) is 0 Å². The minimum atomic E-state index is -1.04. The summed E-state index contributed by atoms with van der Waals surface area (Å²) in [6.45, 7) is 0. The Labute approximate surface area is 74.6 Å². The zero-order valence-electron chi connectivity index (χ0n) is 6.69. The van der Waals surface area contributed by atoms with Crippen molar-refractivity contribution in [1.82, 2.24) is 0 Å². The summed E-state index contributed by atoms with van der Waals surface area (Å²) in [6, 6.07) is 1.87. The third kappa shape index (κ3) is 2.32. The Morgan fingerprint density at radius 2 is 2.58 bits per heavy atom. The molecule has 0 spiro atoms. The fourth-order valence-electron chi connectivity index (χ4n) is 0.851. The van der Waals surface area contributed by atoms with E-state index in [0.29, 0.717) is 6.42 Å². The first-order valence-electron chi connectivity index (χ1n) is 3.51. The van der Waals surface area contributed by atoms with Crippen molar-refractivity contribution in [1.29, 1.82) is 0 Å². The number of aliphatic hydroxyl groups is 1. The van der Waals surface area contributed by atoms with Gasteiger partial charge in [0.05, 0.1) is 7.11 Å². The number of thiophene rings is 1. The molecular formula is C8H10O3S. The molecule has 0 bridgehead atoms. The summed E-state index contributed by atoms with van der Waals surface area (Å²) < 4.78 is 4.38. The highest BCUT2D eigenvalue weighted by molar-refractivity contribution is 7.07. The molecule has 12 heavy (non-hydrogen) atoms. The van der Waals surface area contributed by atoms with Gasteiger partial charge >= 0.3 is 5.97 Å². The highest BCUT2D eigenvalue weighted by Crippen LogP contribution is 2.08. The summed E-state index contributed by atoms with van der Waals surface area (Å²) in [5.41, 5.74) is 0.956. The van der Waals surface area contributed by atoms with Crippen molar-refractivity contribution in [2.75, 3.05) is 7.11 Å². The molecule has 0 fully saturated rings. The molecule has 1 rings (SSSR count). The second-order valence-corrected chi connectivity index (χ2v) is 3.15. The molecule has 1 heterocycles. The van der Waals surface area contributed by atoms with Crippen LogP contribution in [0.1, 0.15) is 5.56 Å². The lowest BCUT2D eigenvalue weighted by molar-refractivity contribution is -0.150. The van der Waals surface area contributed by atoms with Crippen LogP contribution in [-0.2, 0) is 16.0 Å². The van der Waals surface area contributed by atoms with Crippen LogP contribution < -0.4 is 0 Å². The van der Waals surface area contributed by atoms with Crippen molar-refractivity contribution >= 4 is 17.3 Å². The predicted molar refractivity (Wildman–Crippen MR) is 46.0 cm³/mol. The average molecular weight is 186 g/mol. The number of rotatable bonds is 3. The van der Waals surface area contributed by atoms with Gasteiger partial charge in [-0.1, -0.05) is 0 Å². The van der Waals surface area contributed by atoms with E-state index in [1.807, 2.05) is 16.8 Å². The fourth-order valence-corrected chi connectivity index (χ4v) is 1.53. The van der Waals surface area contributed by atoms with Crippen molar-refractivity contribution in [3.8, 4) is 0 Å². The Balaban J connectivity index is 2.47. The highest BCUT2D eigenvalue weighted by atomic mass is 32.1. The molecule has 1 N–H and O–H groups in total. The van der Waals surface area contributed by atoms with Crippen LogP contribution >= 0.6 is 11.3 Å². The van der Waals surface area contributed by atoms with Crippen LogP contribution in [0.15, 0.2) is 16.8 Å². The number of carbonyl (C=O) groups excluding carboxylic acids is 1. The molecular weight excluding hydrogens is 176 g/mol. The first-order valence-corrected chi connectivity index (χ1v) is 4.45. The minimum absolute atomic E-state index is 0.330. The Kier molecular flexibility index (Phi) is 3.25. The minimum Gasteiger partial charge on any atom is -0.467 e. The van der Waals surface area contributed by atoms with E-state index in [0.717, 1.165) is 5.56 Å². The molecule has 0 aliphatic heterocycles. The predicted octanol–water partition coefficient (Wildman–Crippen LogP) is 0.825. The molecule has 0 amide bonds. The molecule has 1 aromatic rings. The number of carbonyl (C=O) groups is 1. The lowest BCUT2D eigenvalue weighted by Crippen LogP contribution is -2.23. The largest absolute Gasteiger partial charge is 0.467 e. The van der Waals surface area contributed by atoms with Gasteiger partial charge in [-0.3, -0.25) is 0 Å². The Morgan fingerprint density at radius 3 is 3.08 bits per heavy atom. The number of hydrogen-bond acceptors (Lipinski definition) is 4. The monoisotopic (exact) mass is 186 g/mol. The molecule has 1 unspecified atom stereocenters. The van der Waals surface area contributed by atoms with Crippen LogP contribution in [0.3, 0.4) is 0 Å². The normalized spacial score (nSPS) is 12.5. The van der Waals surface area contributed by atoms with E-state index in [-0.39, 0.29) is 0 Å². The smallest absolute Gasteiger partial charge is 0.335 e. The zero-order chi connectivity index (χ0) is 8.97. The molecule has 4 heteroatoms. The first-order chi connectivity index (χ1) is 5.74. The van der Waals surface area contributed by atoms with E-state index in [1.54, 1.807) is 0 Å². The summed E-state index contributed by atoms with van der Waals surface area (Å²) in [7, 11) is 1.26. The van der Waals surface area contributed by atoms with Crippen molar-refractivity contribution in [3.63, 3.8) is 0 Å². The number of aliphatic hydroxyl groups excluding tert-OH is 1. The third-order valence-corrected chi connectivity index (χ3v) is 2.21. The first kappa shape index (κ1) is 9.22. The van der Waals surface area contributed by atoms with Crippen LogP contribution in [0.25, 0.3) is 0 Å². The maximum Gasteiger partial charge on any atom is 0.335 e.